The molecule has 0 atom stereocenters. The van der Waals surface area contributed by atoms with Crippen molar-refractivity contribution in [3.63, 3.8) is 0 Å². The van der Waals surface area contributed by atoms with Gasteiger partial charge in [-0.05, 0) is 94.0 Å². The summed E-state index contributed by atoms with van der Waals surface area (Å²) >= 11 is 3.73. The summed E-state index contributed by atoms with van der Waals surface area (Å²) in [5, 5.41) is 7.26. The van der Waals surface area contributed by atoms with Gasteiger partial charge in [0.1, 0.15) is 11.2 Å². The summed E-state index contributed by atoms with van der Waals surface area (Å²) in [5.74, 6) is 0. The molecule has 9 aromatic carbocycles. The van der Waals surface area contributed by atoms with Gasteiger partial charge >= 0.3 is 0 Å². The van der Waals surface area contributed by atoms with Crippen LogP contribution in [-0.2, 0) is 0 Å². The lowest BCUT2D eigenvalue weighted by atomic mass is 9.94. The highest BCUT2D eigenvalue weighted by molar-refractivity contribution is 7.26. The normalized spacial score (nSPS) is 11.8. The maximum absolute atomic E-state index is 6.80. The lowest BCUT2D eigenvalue weighted by molar-refractivity contribution is 0.669. The second kappa shape index (κ2) is 13.3. The molecule has 0 amide bonds. The number of fused-ring (bicyclic) bond motifs is 9. The first-order valence-corrected chi connectivity index (χ1v) is 21.2. The molecular weight excluding hydrogens is 743 g/mol. The van der Waals surface area contributed by atoms with Gasteiger partial charge in [-0.15, -0.1) is 22.7 Å². The van der Waals surface area contributed by atoms with Crippen molar-refractivity contribution in [3.8, 4) is 33.4 Å². The summed E-state index contributed by atoms with van der Waals surface area (Å²) in [7, 11) is 0. The van der Waals surface area contributed by atoms with E-state index >= 15 is 0 Å². The van der Waals surface area contributed by atoms with Gasteiger partial charge in [0.05, 0.1) is 11.4 Å². The molecule has 0 radical (unpaired) electrons. The van der Waals surface area contributed by atoms with Gasteiger partial charge in [0.15, 0.2) is 0 Å². The van der Waals surface area contributed by atoms with Crippen LogP contribution in [0.15, 0.2) is 205 Å². The van der Waals surface area contributed by atoms with Crippen LogP contribution in [-0.4, -0.2) is 0 Å². The topological polar surface area (TPSA) is 16.4 Å². The number of hydrogen-bond acceptors (Lipinski definition) is 4. The first-order chi connectivity index (χ1) is 28.8. The standard InChI is InChI=1S/C54H33NOS2/c1-4-15-34(16-5-1)37-31-42(36-19-8-3-9-20-36)51-43-33-38(27-30-46(43)56-47(51)32-37)55(44-23-14-26-50-52(44)40-21-10-12-24-48(40)57-50)45-29-28-39(35-17-6-2-7-18-35)54-53(45)41-22-11-13-25-49(41)58-54/h1-33H. The van der Waals surface area contributed by atoms with Crippen LogP contribution in [0, 0.1) is 0 Å². The fraction of sp³-hybridized carbons (Fsp3) is 0. The van der Waals surface area contributed by atoms with E-state index in [-0.39, 0.29) is 0 Å². The minimum Gasteiger partial charge on any atom is -0.456 e. The van der Waals surface area contributed by atoms with E-state index < -0.39 is 0 Å². The van der Waals surface area contributed by atoms with Gasteiger partial charge in [-0.25, -0.2) is 0 Å². The Labute approximate surface area is 343 Å². The SMILES string of the molecule is c1ccc(-c2cc(-c3ccccc3)c3c(c2)oc2ccc(N(c4cccc5sc6ccccc6c45)c4ccc(-c5ccccc5)c5sc6ccccc6c45)cc23)cc1. The average Bonchev–Trinajstić information content (AvgIpc) is 3.99. The Hall–Kier alpha value is -6.98. The number of nitrogens with zero attached hydrogens (tertiary/aromatic N) is 1. The molecule has 0 aliphatic rings. The Kier molecular flexibility index (Phi) is 7.62. The third-order valence-electron chi connectivity index (χ3n) is 11.5. The Morgan fingerprint density at radius 3 is 1.69 bits per heavy atom. The molecule has 0 N–H and O–H groups in total. The highest BCUT2D eigenvalue weighted by Gasteiger charge is 2.25. The van der Waals surface area contributed by atoms with Crippen molar-refractivity contribution < 1.29 is 4.42 Å². The zero-order valence-corrected chi connectivity index (χ0v) is 32.9. The van der Waals surface area contributed by atoms with E-state index in [1.165, 1.54) is 51.5 Å². The molecule has 0 aliphatic heterocycles. The minimum absolute atomic E-state index is 0.867. The lowest BCUT2D eigenvalue weighted by Crippen LogP contribution is -2.11. The summed E-state index contributed by atoms with van der Waals surface area (Å²) in [4.78, 5) is 2.51. The fourth-order valence-electron chi connectivity index (χ4n) is 8.87. The van der Waals surface area contributed by atoms with Crippen molar-refractivity contribution in [2.75, 3.05) is 4.90 Å². The third kappa shape index (κ3) is 5.23. The molecule has 0 bridgehead atoms. The zero-order valence-electron chi connectivity index (χ0n) is 31.2. The van der Waals surface area contributed by atoms with Gasteiger partial charge in [0.2, 0.25) is 0 Å². The molecule has 0 aliphatic carbocycles. The number of hydrogen-bond donors (Lipinski definition) is 0. The molecular formula is C54H33NOS2. The van der Waals surface area contributed by atoms with E-state index in [2.05, 4.69) is 205 Å². The molecule has 3 aromatic heterocycles. The zero-order chi connectivity index (χ0) is 38.2. The molecule has 272 valence electrons. The molecule has 0 unspecified atom stereocenters. The van der Waals surface area contributed by atoms with E-state index in [1.807, 2.05) is 22.7 Å². The maximum Gasteiger partial charge on any atom is 0.136 e. The molecule has 0 fully saturated rings. The molecule has 0 saturated carbocycles. The first kappa shape index (κ1) is 33.2. The molecule has 58 heavy (non-hydrogen) atoms. The largest absolute Gasteiger partial charge is 0.456 e. The number of thiophene rings is 2. The smallest absolute Gasteiger partial charge is 0.136 e. The molecule has 0 saturated heterocycles. The van der Waals surface area contributed by atoms with Crippen molar-refractivity contribution in [3.05, 3.63) is 200 Å². The quantitative estimate of drug-likeness (QED) is 0.167. The molecule has 2 nitrogen and oxygen atoms in total. The van der Waals surface area contributed by atoms with Gasteiger partial charge in [0.25, 0.3) is 0 Å². The Morgan fingerprint density at radius 1 is 0.345 bits per heavy atom. The summed E-state index contributed by atoms with van der Waals surface area (Å²) in [6.07, 6.45) is 0. The van der Waals surface area contributed by atoms with Crippen molar-refractivity contribution in [1.82, 2.24) is 0 Å². The summed E-state index contributed by atoms with van der Waals surface area (Å²) in [6.45, 7) is 0. The van der Waals surface area contributed by atoms with Crippen molar-refractivity contribution in [1.29, 1.82) is 0 Å². The lowest BCUT2D eigenvalue weighted by Gasteiger charge is -2.28. The van der Waals surface area contributed by atoms with E-state index in [0.717, 1.165) is 61.3 Å². The minimum atomic E-state index is 0.867. The Balaban J connectivity index is 1.18. The highest BCUT2D eigenvalue weighted by Crippen LogP contribution is 2.52. The van der Waals surface area contributed by atoms with Crippen LogP contribution in [0.25, 0.3) is 95.7 Å². The van der Waals surface area contributed by atoms with Gasteiger partial charge in [0, 0.05) is 56.8 Å². The van der Waals surface area contributed by atoms with Crippen LogP contribution in [0.4, 0.5) is 17.1 Å². The Morgan fingerprint density at radius 2 is 0.948 bits per heavy atom. The summed E-state index contributed by atoms with van der Waals surface area (Å²) in [5.41, 5.74) is 12.2. The van der Waals surface area contributed by atoms with Gasteiger partial charge in [-0.2, -0.15) is 0 Å². The van der Waals surface area contributed by atoms with Gasteiger partial charge in [-0.1, -0.05) is 140 Å². The number of rotatable bonds is 6. The van der Waals surface area contributed by atoms with Crippen LogP contribution in [0.2, 0.25) is 0 Å². The number of furan rings is 1. The van der Waals surface area contributed by atoms with Gasteiger partial charge < -0.3 is 9.32 Å². The first-order valence-electron chi connectivity index (χ1n) is 19.6. The fourth-order valence-corrected chi connectivity index (χ4v) is 11.3. The third-order valence-corrected chi connectivity index (χ3v) is 13.8. The van der Waals surface area contributed by atoms with Gasteiger partial charge in [-0.3, -0.25) is 0 Å². The summed E-state index contributed by atoms with van der Waals surface area (Å²) < 4.78 is 11.9. The van der Waals surface area contributed by atoms with Crippen molar-refractivity contribution in [2.45, 2.75) is 0 Å². The average molecular weight is 776 g/mol. The summed E-state index contributed by atoms with van der Waals surface area (Å²) in [6, 6.07) is 72.5. The predicted molar refractivity (Wildman–Crippen MR) is 250 cm³/mol. The van der Waals surface area contributed by atoms with Crippen LogP contribution < -0.4 is 4.90 Å². The Bertz CT molecular complexity index is 3510. The molecule has 0 spiro atoms. The van der Waals surface area contributed by atoms with Crippen molar-refractivity contribution >= 4 is 102 Å². The molecule has 4 heteroatoms. The van der Waals surface area contributed by atoms with E-state index in [0.29, 0.717) is 0 Å². The van der Waals surface area contributed by atoms with E-state index in [4.69, 9.17) is 4.42 Å². The predicted octanol–water partition coefficient (Wildman–Crippen LogP) is 16.8. The van der Waals surface area contributed by atoms with Crippen LogP contribution in [0.5, 0.6) is 0 Å². The maximum atomic E-state index is 6.80. The molecule has 12 aromatic rings. The van der Waals surface area contributed by atoms with Crippen LogP contribution in [0.3, 0.4) is 0 Å². The monoisotopic (exact) mass is 775 g/mol. The molecule has 12 rings (SSSR count). The second-order valence-corrected chi connectivity index (χ2v) is 16.9. The number of anilines is 3. The van der Waals surface area contributed by atoms with Crippen LogP contribution in [0.1, 0.15) is 0 Å². The van der Waals surface area contributed by atoms with Crippen LogP contribution >= 0.6 is 22.7 Å². The van der Waals surface area contributed by atoms with E-state index in [1.54, 1.807) is 0 Å². The van der Waals surface area contributed by atoms with E-state index in [9.17, 15) is 0 Å². The van der Waals surface area contributed by atoms with Crippen molar-refractivity contribution in [2.24, 2.45) is 0 Å². The second-order valence-electron chi connectivity index (χ2n) is 14.8. The number of benzene rings is 9. The highest BCUT2D eigenvalue weighted by atomic mass is 32.1. The molecule has 3 heterocycles.